The van der Waals surface area contributed by atoms with Crippen molar-refractivity contribution in [2.24, 2.45) is 5.92 Å². The smallest absolute Gasteiger partial charge is 0.202 e. The Labute approximate surface area is 117 Å². The van der Waals surface area contributed by atoms with Gasteiger partial charge in [-0.2, -0.15) is 0 Å². The topological polar surface area (TPSA) is 18.5 Å². The Kier molecular flexibility index (Phi) is 5.26. The van der Waals surface area contributed by atoms with Crippen LogP contribution in [0.1, 0.15) is 51.5 Å². The molecule has 0 heterocycles. The van der Waals surface area contributed by atoms with Crippen molar-refractivity contribution < 1.29 is 9.47 Å². The molecule has 0 N–H and O–H groups in total. The quantitative estimate of drug-likeness (QED) is 0.716. The first-order valence-corrected chi connectivity index (χ1v) is 7.54. The summed E-state index contributed by atoms with van der Waals surface area (Å²) in [4.78, 5) is 0. The van der Waals surface area contributed by atoms with Crippen LogP contribution >= 0.6 is 0 Å². The van der Waals surface area contributed by atoms with Gasteiger partial charge in [0.25, 0.3) is 0 Å². The van der Waals surface area contributed by atoms with E-state index in [0.29, 0.717) is 12.0 Å². The summed E-state index contributed by atoms with van der Waals surface area (Å²) in [5.41, 5.74) is 1.22. The van der Waals surface area contributed by atoms with Crippen molar-refractivity contribution in [3.05, 3.63) is 29.8 Å². The Balaban J connectivity index is 1.95. The molecule has 1 aliphatic carbocycles. The fourth-order valence-corrected chi connectivity index (χ4v) is 2.53. The van der Waals surface area contributed by atoms with Crippen molar-refractivity contribution in [3.8, 4) is 5.75 Å². The zero-order chi connectivity index (χ0) is 13.7. The third-order valence-corrected chi connectivity index (χ3v) is 3.66. The molecule has 0 saturated heterocycles. The van der Waals surface area contributed by atoms with Crippen LogP contribution in [0.2, 0.25) is 0 Å². The number of benzene rings is 1. The molecule has 0 bridgehead atoms. The van der Waals surface area contributed by atoms with Crippen molar-refractivity contribution in [3.63, 3.8) is 0 Å². The van der Waals surface area contributed by atoms with E-state index < -0.39 is 0 Å². The zero-order valence-electron chi connectivity index (χ0n) is 12.4. The van der Waals surface area contributed by atoms with Crippen LogP contribution in [0, 0.1) is 12.8 Å². The van der Waals surface area contributed by atoms with E-state index in [4.69, 9.17) is 9.47 Å². The highest BCUT2D eigenvalue weighted by molar-refractivity contribution is 5.27. The van der Waals surface area contributed by atoms with Crippen molar-refractivity contribution in [2.75, 3.05) is 0 Å². The van der Waals surface area contributed by atoms with Gasteiger partial charge in [0, 0.05) is 5.92 Å². The van der Waals surface area contributed by atoms with E-state index in [1.165, 1.54) is 37.7 Å². The van der Waals surface area contributed by atoms with Crippen LogP contribution in [0.4, 0.5) is 0 Å². The van der Waals surface area contributed by atoms with E-state index >= 15 is 0 Å². The van der Waals surface area contributed by atoms with E-state index in [2.05, 4.69) is 32.9 Å². The summed E-state index contributed by atoms with van der Waals surface area (Å²) in [6.45, 7) is 6.39. The lowest BCUT2D eigenvalue weighted by molar-refractivity contribution is -0.150. The highest BCUT2D eigenvalue weighted by Gasteiger charge is 2.22. The van der Waals surface area contributed by atoms with Crippen molar-refractivity contribution in [1.29, 1.82) is 0 Å². The fraction of sp³-hybridized carbons (Fsp3) is 0.647. The molecule has 1 saturated carbocycles. The average Bonchev–Trinajstić information content (AvgIpc) is 2.39. The number of rotatable bonds is 5. The maximum Gasteiger partial charge on any atom is 0.202 e. The molecule has 106 valence electrons. The second-order valence-corrected chi connectivity index (χ2v) is 5.94. The molecule has 0 radical (unpaired) electrons. The first-order valence-electron chi connectivity index (χ1n) is 7.54. The summed E-state index contributed by atoms with van der Waals surface area (Å²) in [5.74, 6) is 1.27. The second-order valence-electron chi connectivity index (χ2n) is 5.94. The van der Waals surface area contributed by atoms with Crippen LogP contribution in [0.25, 0.3) is 0 Å². The maximum atomic E-state index is 6.17. The monoisotopic (exact) mass is 262 g/mol. The maximum absolute atomic E-state index is 6.17. The van der Waals surface area contributed by atoms with Gasteiger partial charge in [0.1, 0.15) is 5.75 Å². The van der Waals surface area contributed by atoms with Crippen molar-refractivity contribution in [1.82, 2.24) is 0 Å². The summed E-state index contributed by atoms with van der Waals surface area (Å²) >= 11 is 0. The van der Waals surface area contributed by atoms with E-state index in [1.54, 1.807) is 0 Å². The summed E-state index contributed by atoms with van der Waals surface area (Å²) < 4.78 is 12.2. The summed E-state index contributed by atoms with van der Waals surface area (Å²) in [7, 11) is 0. The average molecular weight is 262 g/mol. The lowest BCUT2D eigenvalue weighted by atomic mass is 9.97. The standard InChI is InChI=1S/C17H26O2/c1-13(2)17(18-15-9-5-4-6-10-15)19-16-11-7-8-14(3)12-16/h7-8,11-13,15,17H,4-6,9-10H2,1-3H3. The Morgan fingerprint density at radius 1 is 1.11 bits per heavy atom. The molecular formula is C17H26O2. The lowest BCUT2D eigenvalue weighted by Gasteiger charge is -2.30. The molecule has 1 fully saturated rings. The molecule has 1 aromatic rings. The van der Waals surface area contributed by atoms with Crippen molar-refractivity contribution >= 4 is 0 Å². The normalized spacial score (nSPS) is 18.5. The van der Waals surface area contributed by atoms with Gasteiger partial charge in [-0.05, 0) is 37.5 Å². The molecule has 2 nitrogen and oxygen atoms in total. The predicted octanol–water partition coefficient (Wildman–Crippen LogP) is 4.71. The fourth-order valence-electron chi connectivity index (χ4n) is 2.53. The van der Waals surface area contributed by atoms with Gasteiger partial charge in [0.15, 0.2) is 0 Å². The molecule has 1 atom stereocenters. The van der Waals surface area contributed by atoms with Gasteiger partial charge in [-0.15, -0.1) is 0 Å². The molecule has 1 aromatic carbocycles. The Morgan fingerprint density at radius 2 is 1.84 bits per heavy atom. The molecule has 0 aliphatic heterocycles. The van der Waals surface area contributed by atoms with Crippen LogP contribution in [0.3, 0.4) is 0 Å². The molecule has 2 heteroatoms. The SMILES string of the molecule is Cc1cccc(OC(OC2CCCCC2)C(C)C)c1. The summed E-state index contributed by atoms with van der Waals surface area (Å²) in [6.07, 6.45) is 6.54. The Bertz CT molecular complexity index is 381. The van der Waals surface area contributed by atoms with Crippen LogP contribution in [-0.2, 0) is 4.74 Å². The van der Waals surface area contributed by atoms with E-state index in [9.17, 15) is 0 Å². The molecule has 19 heavy (non-hydrogen) atoms. The van der Waals surface area contributed by atoms with Crippen LogP contribution < -0.4 is 4.74 Å². The van der Waals surface area contributed by atoms with E-state index in [1.807, 2.05) is 12.1 Å². The number of aryl methyl sites for hydroxylation is 1. The Hall–Kier alpha value is -1.02. The highest BCUT2D eigenvalue weighted by Crippen LogP contribution is 2.25. The predicted molar refractivity (Wildman–Crippen MR) is 78.4 cm³/mol. The largest absolute Gasteiger partial charge is 0.465 e. The molecule has 1 aliphatic rings. The van der Waals surface area contributed by atoms with Crippen LogP contribution in [0.15, 0.2) is 24.3 Å². The first kappa shape index (κ1) is 14.4. The lowest BCUT2D eigenvalue weighted by Crippen LogP contribution is -2.32. The van der Waals surface area contributed by atoms with Gasteiger partial charge in [-0.25, -0.2) is 0 Å². The minimum atomic E-state index is -0.134. The summed E-state index contributed by atoms with van der Waals surface area (Å²) in [5, 5.41) is 0. The molecule has 0 amide bonds. The van der Waals surface area contributed by atoms with Gasteiger partial charge >= 0.3 is 0 Å². The van der Waals surface area contributed by atoms with Crippen LogP contribution in [0.5, 0.6) is 5.75 Å². The zero-order valence-corrected chi connectivity index (χ0v) is 12.4. The van der Waals surface area contributed by atoms with E-state index in [-0.39, 0.29) is 6.29 Å². The van der Waals surface area contributed by atoms with Gasteiger partial charge in [0.2, 0.25) is 6.29 Å². The van der Waals surface area contributed by atoms with Gasteiger partial charge in [0.05, 0.1) is 6.10 Å². The van der Waals surface area contributed by atoms with Gasteiger partial charge < -0.3 is 9.47 Å². The molecular weight excluding hydrogens is 236 g/mol. The number of hydrogen-bond donors (Lipinski definition) is 0. The minimum absolute atomic E-state index is 0.134. The second kappa shape index (κ2) is 6.95. The van der Waals surface area contributed by atoms with Crippen LogP contribution in [-0.4, -0.2) is 12.4 Å². The minimum Gasteiger partial charge on any atom is -0.465 e. The molecule has 1 unspecified atom stereocenters. The Morgan fingerprint density at radius 3 is 2.47 bits per heavy atom. The molecule has 0 aromatic heterocycles. The number of hydrogen-bond acceptors (Lipinski definition) is 2. The third-order valence-electron chi connectivity index (χ3n) is 3.66. The number of ether oxygens (including phenoxy) is 2. The van der Waals surface area contributed by atoms with Crippen molar-refractivity contribution in [2.45, 2.75) is 65.3 Å². The first-order chi connectivity index (χ1) is 9.15. The van der Waals surface area contributed by atoms with Gasteiger partial charge in [-0.3, -0.25) is 0 Å². The molecule has 0 spiro atoms. The third kappa shape index (κ3) is 4.54. The highest BCUT2D eigenvalue weighted by atomic mass is 16.7. The van der Waals surface area contributed by atoms with Gasteiger partial charge in [-0.1, -0.05) is 45.2 Å². The van der Waals surface area contributed by atoms with E-state index in [0.717, 1.165) is 5.75 Å². The molecule has 2 rings (SSSR count). The summed E-state index contributed by atoms with van der Waals surface area (Å²) in [6, 6.07) is 8.19.